The Morgan fingerprint density at radius 2 is 1.96 bits per heavy atom. The number of hydrogen-bond donors (Lipinski definition) is 2. The Bertz CT molecular complexity index is 1050. The Balaban J connectivity index is 1.62. The molecule has 4 aromatic rings. The number of nitrogen functional groups attached to an aromatic ring is 1. The molecule has 0 fully saturated rings. The van der Waals surface area contributed by atoms with Gasteiger partial charge in [-0.2, -0.15) is 15.2 Å². The third-order valence-corrected chi connectivity index (χ3v) is 4.14. The van der Waals surface area contributed by atoms with Crippen molar-refractivity contribution in [3.63, 3.8) is 0 Å². The molecule has 132 valence electrons. The van der Waals surface area contributed by atoms with Gasteiger partial charge >= 0.3 is 0 Å². The summed E-state index contributed by atoms with van der Waals surface area (Å²) >= 11 is 0. The highest BCUT2D eigenvalue weighted by Gasteiger charge is 2.10. The number of hydrogen-bond acceptors (Lipinski definition) is 6. The highest BCUT2D eigenvalue weighted by molar-refractivity contribution is 5.75. The quantitative estimate of drug-likeness (QED) is 0.538. The van der Waals surface area contributed by atoms with E-state index < -0.39 is 0 Å². The van der Waals surface area contributed by atoms with Crippen molar-refractivity contribution in [2.75, 3.05) is 11.1 Å². The van der Waals surface area contributed by atoms with E-state index in [9.17, 15) is 0 Å². The average molecular weight is 348 g/mol. The van der Waals surface area contributed by atoms with Crippen molar-refractivity contribution in [2.24, 2.45) is 0 Å². The number of nitrogens with two attached hydrogens (primary N) is 1. The van der Waals surface area contributed by atoms with Crippen LogP contribution in [0.3, 0.4) is 0 Å². The highest BCUT2D eigenvalue weighted by Crippen LogP contribution is 2.19. The first-order valence-corrected chi connectivity index (χ1v) is 8.43. The van der Waals surface area contributed by atoms with Crippen LogP contribution in [0.2, 0.25) is 0 Å². The minimum atomic E-state index is 0.298. The number of nitrogens with zero attached hydrogens (tertiary/aromatic N) is 6. The summed E-state index contributed by atoms with van der Waals surface area (Å²) in [4.78, 5) is 8.97. The van der Waals surface area contributed by atoms with Crippen LogP contribution in [0.4, 0.5) is 17.3 Å². The normalized spacial score (nSPS) is 11.3. The van der Waals surface area contributed by atoms with Crippen LogP contribution in [0, 0.1) is 0 Å². The van der Waals surface area contributed by atoms with Gasteiger partial charge in [-0.25, -0.2) is 9.67 Å². The van der Waals surface area contributed by atoms with Gasteiger partial charge in [-0.15, -0.1) is 0 Å². The molecule has 0 bridgehead atoms. The van der Waals surface area contributed by atoms with E-state index in [1.54, 1.807) is 18.6 Å². The minimum Gasteiger partial charge on any atom is -0.398 e. The van der Waals surface area contributed by atoms with E-state index in [2.05, 4.69) is 39.3 Å². The second-order valence-corrected chi connectivity index (χ2v) is 6.40. The minimum absolute atomic E-state index is 0.298. The van der Waals surface area contributed by atoms with Gasteiger partial charge in [0.15, 0.2) is 5.65 Å². The zero-order valence-electron chi connectivity index (χ0n) is 14.7. The van der Waals surface area contributed by atoms with Gasteiger partial charge in [0.1, 0.15) is 0 Å². The number of para-hydroxylation sites is 1. The summed E-state index contributed by atoms with van der Waals surface area (Å²) in [5, 5.41) is 12.8. The first-order chi connectivity index (χ1) is 12.6. The summed E-state index contributed by atoms with van der Waals surface area (Å²) in [5.74, 6) is 0.503. The Morgan fingerprint density at radius 1 is 1.12 bits per heavy atom. The molecule has 0 amide bonds. The first kappa shape index (κ1) is 16.1. The maximum Gasteiger partial charge on any atom is 0.229 e. The fourth-order valence-electron chi connectivity index (χ4n) is 2.70. The molecule has 3 aromatic heterocycles. The lowest BCUT2D eigenvalue weighted by Gasteiger charge is -2.07. The van der Waals surface area contributed by atoms with Gasteiger partial charge in [0.05, 0.1) is 30.0 Å². The van der Waals surface area contributed by atoms with Gasteiger partial charge in [-0.1, -0.05) is 18.2 Å². The van der Waals surface area contributed by atoms with E-state index in [1.807, 2.05) is 39.8 Å². The van der Waals surface area contributed by atoms with E-state index in [-0.39, 0.29) is 0 Å². The predicted molar refractivity (Wildman–Crippen MR) is 101 cm³/mol. The number of aromatic nitrogens is 6. The number of anilines is 3. The maximum atomic E-state index is 6.04. The summed E-state index contributed by atoms with van der Waals surface area (Å²) in [6.45, 7) is 4.71. The zero-order valence-corrected chi connectivity index (χ0v) is 14.7. The fourth-order valence-corrected chi connectivity index (χ4v) is 2.70. The third-order valence-electron chi connectivity index (χ3n) is 4.14. The Kier molecular flexibility index (Phi) is 4.00. The molecule has 0 spiro atoms. The number of benzene rings is 1. The number of nitrogens with one attached hydrogen (secondary N) is 1. The van der Waals surface area contributed by atoms with E-state index in [0.29, 0.717) is 18.5 Å². The smallest absolute Gasteiger partial charge is 0.229 e. The third kappa shape index (κ3) is 3.08. The molecule has 0 atom stereocenters. The van der Waals surface area contributed by atoms with Crippen molar-refractivity contribution in [1.29, 1.82) is 0 Å². The average Bonchev–Trinajstić information content (AvgIpc) is 3.24. The van der Waals surface area contributed by atoms with Gasteiger partial charge in [-0.05, 0) is 25.5 Å². The number of rotatable bonds is 5. The first-order valence-electron chi connectivity index (χ1n) is 8.43. The van der Waals surface area contributed by atoms with Gasteiger partial charge in [0.25, 0.3) is 0 Å². The SMILES string of the molecule is CC(C)n1cc(Nc2ncc3cnn(Cc4ccccc4N)c3n2)cn1. The molecule has 1 aromatic carbocycles. The van der Waals surface area contributed by atoms with Crippen molar-refractivity contribution in [3.8, 4) is 0 Å². The topological polar surface area (TPSA) is 99.5 Å². The molecule has 3 heterocycles. The van der Waals surface area contributed by atoms with E-state index in [1.165, 1.54) is 0 Å². The Labute approximate surface area is 150 Å². The molecule has 0 aliphatic heterocycles. The number of fused-ring (bicyclic) bond motifs is 1. The van der Waals surface area contributed by atoms with Crippen molar-refractivity contribution in [2.45, 2.75) is 26.4 Å². The second-order valence-electron chi connectivity index (χ2n) is 6.40. The Morgan fingerprint density at radius 3 is 2.73 bits per heavy atom. The molecule has 0 saturated heterocycles. The van der Waals surface area contributed by atoms with Crippen LogP contribution in [0.15, 0.2) is 49.1 Å². The van der Waals surface area contributed by atoms with Crippen molar-refractivity contribution in [1.82, 2.24) is 29.5 Å². The largest absolute Gasteiger partial charge is 0.398 e. The Hall–Kier alpha value is -3.42. The van der Waals surface area contributed by atoms with E-state index in [0.717, 1.165) is 28.0 Å². The predicted octanol–water partition coefficient (Wildman–Crippen LogP) is 2.98. The van der Waals surface area contributed by atoms with Gasteiger partial charge in [0, 0.05) is 24.1 Å². The van der Waals surface area contributed by atoms with Crippen LogP contribution >= 0.6 is 0 Å². The molecule has 8 nitrogen and oxygen atoms in total. The lowest BCUT2D eigenvalue weighted by molar-refractivity contribution is 0.532. The van der Waals surface area contributed by atoms with Gasteiger partial charge in [0.2, 0.25) is 5.95 Å². The summed E-state index contributed by atoms with van der Waals surface area (Å²) in [5.41, 5.74) is 9.38. The van der Waals surface area contributed by atoms with Gasteiger partial charge < -0.3 is 11.1 Å². The molecule has 26 heavy (non-hydrogen) atoms. The zero-order chi connectivity index (χ0) is 18.1. The second kappa shape index (κ2) is 6.47. The summed E-state index contributed by atoms with van der Waals surface area (Å²) in [6.07, 6.45) is 7.21. The fraction of sp³-hybridized carbons (Fsp3) is 0.222. The van der Waals surface area contributed by atoms with Crippen molar-refractivity contribution in [3.05, 3.63) is 54.6 Å². The molecule has 0 radical (unpaired) electrons. The van der Waals surface area contributed by atoms with E-state index in [4.69, 9.17) is 5.73 Å². The monoisotopic (exact) mass is 348 g/mol. The molecule has 3 N–H and O–H groups in total. The maximum absolute atomic E-state index is 6.04. The lowest BCUT2D eigenvalue weighted by Crippen LogP contribution is -2.06. The highest BCUT2D eigenvalue weighted by atomic mass is 15.3. The van der Waals surface area contributed by atoms with Gasteiger partial charge in [-0.3, -0.25) is 4.68 Å². The van der Waals surface area contributed by atoms with Crippen LogP contribution in [-0.2, 0) is 6.54 Å². The molecule has 0 aliphatic carbocycles. The van der Waals surface area contributed by atoms with Crippen molar-refractivity contribution < 1.29 is 0 Å². The molecular formula is C18H20N8. The molecule has 8 heteroatoms. The van der Waals surface area contributed by atoms with Crippen LogP contribution in [0.25, 0.3) is 11.0 Å². The van der Waals surface area contributed by atoms with E-state index >= 15 is 0 Å². The molecule has 4 rings (SSSR count). The van der Waals surface area contributed by atoms with Crippen LogP contribution < -0.4 is 11.1 Å². The standard InChI is InChI=1S/C18H20N8/c1-12(2)25-11-15(9-22-25)23-18-20-7-14-8-21-26(17(14)24-18)10-13-5-3-4-6-16(13)19/h3-9,11-12H,10,19H2,1-2H3,(H,20,23,24). The summed E-state index contributed by atoms with van der Waals surface area (Å²) in [6, 6.07) is 8.05. The summed E-state index contributed by atoms with van der Waals surface area (Å²) in [7, 11) is 0. The van der Waals surface area contributed by atoms with Crippen LogP contribution in [0.5, 0.6) is 0 Å². The molecular weight excluding hydrogens is 328 g/mol. The molecule has 0 aliphatic rings. The summed E-state index contributed by atoms with van der Waals surface area (Å²) < 4.78 is 3.70. The van der Waals surface area contributed by atoms with Crippen LogP contribution in [0.1, 0.15) is 25.5 Å². The van der Waals surface area contributed by atoms with Crippen LogP contribution in [-0.4, -0.2) is 29.5 Å². The lowest BCUT2D eigenvalue weighted by atomic mass is 10.2. The molecule has 0 unspecified atom stereocenters. The van der Waals surface area contributed by atoms with Crippen molar-refractivity contribution >= 4 is 28.4 Å². The molecule has 0 saturated carbocycles.